The van der Waals surface area contributed by atoms with Gasteiger partial charge < -0.3 is 14.6 Å². The zero-order valence-electron chi connectivity index (χ0n) is 13.0. The van der Waals surface area contributed by atoms with Gasteiger partial charge in [0.2, 0.25) is 0 Å². The lowest BCUT2D eigenvalue weighted by molar-refractivity contribution is 0.199. The van der Waals surface area contributed by atoms with Crippen molar-refractivity contribution in [2.75, 3.05) is 20.3 Å². The predicted octanol–water partition coefficient (Wildman–Crippen LogP) is 2.32. The quantitative estimate of drug-likeness (QED) is 0.796. The van der Waals surface area contributed by atoms with Crippen molar-refractivity contribution in [2.45, 2.75) is 30.4 Å². The molecule has 0 amide bonds. The number of benzene rings is 1. The van der Waals surface area contributed by atoms with Crippen molar-refractivity contribution in [1.82, 2.24) is 20.1 Å². The fourth-order valence-corrected chi connectivity index (χ4v) is 2.82. The maximum absolute atomic E-state index is 5.02. The molecule has 0 unspecified atom stereocenters. The Labute approximate surface area is 130 Å². The summed E-state index contributed by atoms with van der Waals surface area (Å²) >= 11 is 1.65. The maximum Gasteiger partial charge on any atom is 0.195 e. The molecule has 2 aromatic rings. The second kappa shape index (κ2) is 7.59. The van der Waals surface area contributed by atoms with Crippen LogP contribution in [0, 0.1) is 13.8 Å². The van der Waals surface area contributed by atoms with Crippen LogP contribution in [0.3, 0.4) is 0 Å². The molecule has 0 spiro atoms. The lowest BCUT2D eigenvalue weighted by atomic mass is 10.1. The Morgan fingerprint density at radius 1 is 1.29 bits per heavy atom. The highest BCUT2D eigenvalue weighted by Crippen LogP contribution is 2.29. The van der Waals surface area contributed by atoms with Crippen LogP contribution >= 0.6 is 11.8 Å². The Bertz CT molecular complexity index is 597. The van der Waals surface area contributed by atoms with Crippen molar-refractivity contribution in [2.24, 2.45) is 7.05 Å². The monoisotopic (exact) mass is 306 g/mol. The minimum absolute atomic E-state index is 0.735. The topological polar surface area (TPSA) is 52.0 Å². The molecule has 0 fully saturated rings. The third-order valence-corrected chi connectivity index (χ3v) is 4.52. The number of methoxy groups -OCH3 is 1. The summed E-state index contributed by atoms with van der Waals surface area (Å²) in [5.41, 5.74) is 2.54. The molecule has 0 aliphatic rings. The fourth-order valence-electron chi connectivity index (χ4n) is 1.92. The van der Waals surface area contributed by atoms with E-state index in [9.17, 15) is 0 Å². The van der Waals surface area contributed by atoms with Crippen LogP contribution in [-0.4, -0.2) is 35.0 Å². The molecule has 1 aromatic carbocycles. The van der Waals surface area contributed by atoms with Gasteiger partial charge in [-0.15, -0.1) is 10.2 Å². The van der Waals surface area contributed by atoms with Gasteiger partial charge in [-0.05, 0) is 42.8 Å². The largest absolute Gasteiger partial charge is 0.383 e. The first-order valence-electron chi connectivity index (χ1n) is 6.95. The average Bonchev–Trinajstić information content (AvgIpc) is 2.78. The predicted molar refractivity (Wildman–Crippen MR) is 84.6 cm³/mol. The van der Waals surface area contributed by atoms with Crippen LogP contribution in [0.2, 0.25) is 0 Å². The van der Waals surface area contributed by atoms with Crippen LogP contribution in [0.25, 0.3) is 0 Å². The summed E-state index contributed by atoms with van der Waals surface area (Å²) in [7, 11) is 3.70. The number of hydrogen-bond acceptors (Lipinski definition) is 5. The Hall–Kier alpha value is -1.37. The van der Waals surface area contributed by atoms with E-state index in [1.165, 1.54) is 16.0 Å². The second-order valence-corrected chi connectivity index (χ2v) is 5.97. The number of hydrogen-bond donors (Lipinski definition) is 1. The molecule has 5 nitrogen and oxygen atoms in total. The molecule has 1 heterocycles. The van der Waals surface area contributed by atoms with E-state index < -0.39 is 0 Å². The summed E-state index contributed by atoms with van der Waals surface area (Å²) in [5, 5.41) is 12.6. The molecule has 6 heteroatoms. The van der Waals surface area contributed by atoms with E-state index >= 15 is 0 Å². The van der Waals surface area contributed by atoms with Crippen LogP contribution in [0.15, 0.2) is 28.3 Å². The number of aryl methyl sites for hydroxylation is 2. The molecule has 0 aliphatic heterocycles. The van der Waals surface area contributed by atoms with Crippen LogP contribution < -0.4 is 5.32 Å². The summed E-state index contributed by atoms with van der Waals surface area (Å²) in [6.07, 6.45) is 0. The van der Waals surface area contributed by atoms with Crippen LogP contribution in [0.4, 0.5) is 0 Å². The Balaban J connectivity index is 2.00. The van der Waals surface area contributed by atoms with Gasteiger partial charge in [0.25, 0.3) is 0 Å². The van der Waals surface area contributed by atoms with E-state index in [0.29, 0.717) is 0 Å². The summed E-state index contributed by atoms with van der Waals surface area (Å²) in [6.45, 7) is 6.55. The molecule has 21 heavy (non-hydrogen) atoms. The number of rotatable bonds is 7. The molecule has 0 radical (unpaired) electrons. The molecule has 0 saturated carbocycles. The van der Waals surface area contributed by atoms with Crippen molar-refractivity contribution in [3.05, 3.63) is 35.2 Å². The zero-order chi connectivity index (χ0) is 15.2. The van der Waals surface area contributed by atoms with E-state index in [1.54, 1.807) is 18.9 Å². The van der Waals surface area contributed by atoms with Crippen molar-refractivity contribution >= 4 is 11.8 Å². The average molecular weight is 306 g/mol. The summed E-state index contributed by atoms with van der Waals surface area (Å²) in [6, 6.07) is 6.51. The first kappa shape index (κ1) is 16.0. The van der Waals surface area contributed by atoms with Gasteiger partial charge in [0.15, 0.2) is 5.16 Å². The van der Waals surface area contributed by atoms with Crippen molar-refractivity contribution in [3.8, 4) is 0 Å². The molecule has 2 rings (SSSR count). The number of nitrogens with one attached hydrogen (secondary N) is 1. The van der Waals surface area contributed by atoms with Crippen molar-refractivity contribution in [1.29, 1.82) is 0 Å². The van der Waals surface area contributed by atoms with Crippen LogP contribution in [-0.2, 0) is 18.3 Å². The first-order chi connectivity index (χ1) is 10.1. The molecule has 1 N–H and O–H groups in total. The molecular weight excluding hydrogens is 284 g/mol. The maximum atomic E-state index is 5.02. The van der Waals surface area contributed by atoms with E-state index in [-0.39, 0.29) is 0 Å². The normalized spacial score (nSPS) is 11.0. The SMILES string of the molecule is COCCNCc1ccc(Sc2nnc(C)n2C)c(C)c1. The van der Waals surface area contributed by atoms with Crippen LogP contribution in [0.5, 0.6) is 0 Å². The fraction of sp³-hybridized carbons (Fsp3) is 0.467. The molecule has 0 bridgehead atoms. The van der Waals surface area contributed by atoms with Gasteiger partial charge >= 0.3 is 0 Å². The van der Waals surface area contributed by atoms with Crippen LogP contribution in [0.1, 0.15) is 17.0 Å². The van der Waals surface area contributed by atoms with Gasteiger partial charge in [0.1, 0.15) is 5.82 Å². The highest BCUT2D eigenvalue weighted by Gasteiger charge is 2.09. The minimum atomic E-state index is 0.735. The molecule has 0 aliphatic carbocycles. The third-order valence-electron chi connectivity index (χ3n) is 3.31. The van der Waals surface area contributed by atoms with E-state index in [4.69, 9.17) is 4.74 Å². The van der Waals surface area contributed by atoms with Gasteiger partial charge in [0.05, 0.1) is 6.61 Å². The molecule has 0 atom stereocenters. The van der Waals surface area contributed by atoms with E-state index in [1.807, 2.05) is 18.5 Å². The number of nitrogens with zero attached hydrogens (tertiary/aromatic N) is 3. The highest BCUT2D eigenvalue weighted by atomic mass is 32.2. The third kappa shape index (κ3) is 4.30. The number of ether oxygens (including phenoxy) is 1. The first-order valence-corrected chi connectivity index (χ1v) is 7.76. The summed E-state index contributed by atoms with van der Waals surface area (Å²) in [4.78, 5) is 1.21. The second-order valence-electron chi connectivity index (χ2n) is 4.96. The number of aromatic nitrogens is 3. The van der Waals surface area contributed by atoms with Gasteiger partial charge in [-0.25, -0.2) is 0 Å². The highest BCUT2D eigenvalue weighted by molar-refractivity contribution is 7.99. The summed E-state index contributed by atoms with van der Waals surface area (Å²) in [5.74, 6) is 0.925. The Morgan fingerprint density at radius 2 is 2.10 bits per heavy atom. The van der Waals surface area contributed by atoms with Crippen molar-refractivity contribution < 1.29 is 4.74 Å². The van der Waals surface area contributed by atoms with Gasteiger partial charge in [-0.1, -0.05) is 12.1 Å². The van der Waals surface area contributed by atoms with E-state index in [2.05, 4.69) is 40.6 Å². The smallest absolute Gasteiger partial charge is 0.195 e. The zero-order valence-corrected chi connectivity index (χ0v) is 13.8. The Morgan fingerprint density at radius 3 is 2.71 bits per heavy atom. The van der Waals surface area contributed by atoms with Gasteiger partial charge in [-0.3, -0.25) is 0 Å². The minimum Gasteiger partial charge on any atom is -0.383 e. The standard InChI is InChI=1S/C15H22N4OS/c1-11-9-13(10-16-7-8-20-4)5-6-14(11)21-15-18-17-12(2)19(15)3/h5-6,9,16H,7-8,10H2,1-4H3. The molecule has 1 aromatic heterocycles. The van der Waals surface area contributed by atoms with E-state index in [0.717, 1.165) is 30.7 Å². The molecular formula is C15H22N4OS. The lowest BCUT2D eigenvalue weighted by Gasteiger charge is -2.09. The summed E-state index contributed by atoms with van der Waals surface area (Å²) < 4.78 is 7.03. The molecule has 114 valence electrons. The Kier molecular flexibility index (Phi) is 5.78. The van der Waals surface area contributed by atoms with Gasteiger partial charge in [-0.2, -0.15) is 0 Å². The molecule has 0 saturated heterocycles. The lowest BCUT2D eigenvalue weighted by Crippen LogP contribution is -2.18. The van der Waals surface area contributed by atoms with Crippen molar-refractivity contribution in [3.63, 3.8) is 0 Å². The van der Waals surface area contributed by atoms with Gasteiger partial charge in [0, 0.05) is 32.1 Å².